The summed E-state index contributed by atoms with van der Waals surface area (Å²) in [6.07, 6.45) is 4.20. The van der Waals surface area contributed by atoms with Crippen LogP contribution in [-0.4, -0.2) is 44.2 Å². The normalized spacial score (nSPS) is 18.6. The fraction of sp³-hybridized carbons (Fsp3) is 0.917. The quantitative estimate of drug-likeness (QED) is 0.399. The van der Waals surface area contributed by atoms with E-state index in [1.165, 1.54) is 0 Å². The Bertz CT molecular complexity index is 244. The number of ether oxygens (including phenoxy) is 2. The summed E-state index contributed by atoms with van der Waals surface area (Å²) in [6.45, 7) is 2.45. The molecule has 1 heterocycles. The molecule has 6 heteroatoms. The molecule has 1 N–H and O–H groups in total. The van der Waals surface area contributed by atoms with Crippen molar-refractivity contribution in [2.24, 2.45) is 0 Å². The zero-order valence-corrected chi connectivity index (χ0v) is 11.8. The fourth-order valence-electron chi connectivity index (χ4n) is 1.75. The van der Waals surface area contributed by atoms with E-state index in [1.807, 2.05) is 0 Å². The summed E-state index contributed by atoms with van der Waals surface area (Å²) >= 11 is 4.43. The van der Waals surface area contributed by atoms with Gasteiger partial charge in [0.15, 0.2) is 0 Å². The number of hydroxylamine groups is 1. The molecule has 0 bridgehead atoms. The van der Waals surface area contributed by atoms with Crippen LogP contribution in [0, 0.1) is 0 Å². The number of unbranched alkanes of at least 4 members (excludes halogenated alkanes) is 2. The first kappa shape index (κ1) is 15.8. The molecule has 0 spiro atoms. The molecule has 0 atom stereocenters. The van der Waals surface area contributed by atoms with E-state index in [0.29, 0.717) is 32.7 Å². The van der Waals surface area contributed by atoms with Crippen molar-refractivity contribution < 1.29 is 19.1 Å². The Morgan fingerprint density at radius 1 is 1.28 bits per heavy atom. The van der Waals surface area contributed by atoms with Gasteiger partial charge in [0.1, 0.15) is 0 Å². The summed E-state index contributed by atoms with van der Waals surface area (Å²) in [4.78, 5) is 17.0. The van der Waals surface area contributed by atoms with E-state index in [4.69, 9.17) is 14.3 Å². The molecule has 0 radical (unpaired) electrons. The standard InChI is InChI=1S/C12H23NO4S/c1-15-7-3-2-4-8-17-13-11(14)12(18)5-9-16-10-6-12/h18H,2-10H2,1H3,(H,13,14). The summed E-state index contributed by atoms with van der Waals surface area (Å²) in [5.41, 5.74) is 2.48. The third-order valence-corrected chi connectivity index (χ3v) is 3.65. The second kappa shape index (κ2) is 8.74. The molecule has 1 fully saturated rings. The van der Waals surface area contributed by atoms with Gasteiger partial charge in [0, 0.05) is 26.9 Å². The highest BCUT2D eigenvalue weighted by Crippen LogP contribution is 2.27. The van der Waals surface area contributed by atoms with Crippen molar-refractivity contribution in [2.75, 3.05) is 33.5 Å². The van der Waals surface area contributed by atoms with Crippen molar-refractivity contribution in [3.05, 3.63) is 0 Å². The maximum Gasteiger partial charge on any atom is 0.259 e. The number of hydrogen-bond acceptors (Lipinski definition) is 5. The number of carbonyl (C=O) groups is 1. The van der Waals surface area contributed by atoms with E-state index in [2.05, 4.69) is 18.1 Å². The molecule has 0 aromatic carbocycles. The number of nitrogens with one attached hydrogen (secondary N) is 1. The van der Waals surface area contributed by atoms with Gasteiger partial charge in [-0.2, -0.15) is 12.6 Å². The Hall–Kier alpha value is -0.300. The second-order valence-electron chi connectivity index (χ2n) is 4.48. The van der Waals surface area contributed by atoms with Crippen LogP contribution in [0.1, 0.15) is 32.1 Å². The first-order valence-electron chi connectivity index (χ1n) is 6.40. The first-order valence-corrected chi connectivity index (χ1v) is 6.85. The van der Waals surface area contributed by atoms with Crippen LogP contribution in [0.2, 0.25) is 0 Å². The van der Waals surface area contributed by atoms with Crippen LogP contribution in [0.5, 0.6) is 0 Å². The summed E-state index contributed by atoms with van der Waals surface area (Å²) in [6, 6.07) is 0. The SMILES string of the molecule is COCCCCCONC(=O)C1(S)CCOCC1. The molecular weight excluding hydrogens is 254 g/mol. The van der Waals surface area contributed by atoms with Crippen LogP contribution in [0.4, 0.5) is 0 Å². The predicted octanol–water partition coefficient (Wildman–Crippen LogP) is 1.33. The van der Waals surface area contributed by atoms with E-state index >= 15 is 0 Å². The zero-order valence-electron chi connectivity index (χ0n) is 10.9. The number of thiol groups is 1. The zero-order chi connectivity index (χ0) is 13.3. The first-order chi connectivity index (χ1) is 8.69. The van der Waals surface area contributed by atoms with Crippen molar-refractivity contribution in [1.29, 1.82) is 0 Å². The third-order valence-electron chi connectivity index (χ3n) is 3.00. The molecule has 0 aromatic heterocycles. The van der Waals surface area contributed by atoms with Crippen LogP contribution in [0.25, 0.3) is 0 Å². The van der Waals surface area contributed by atoms with Crippen molar-refractivity contribution in [1.82, 2.24) is 5.48 Å². The largest absolute Gasteiger partial charge is 0.385 e. The summed E-state index contributed by atoms with van der Waals surface area (Å²) < 4.78 is 9.52. The summed E-state index contributed by atoms with van der Waals surface area (Å²) in [7, 11) is 1.69. The number of rotatable bonds is 8. The van der Waals surface area contributed by atoms with E-state index < -0.39 is 4.75 Å². The van der Waals surface area contributed by atoms with Crippen molar-refractivity contribution in [2.45, 2.75) is 36.9 Å². The van der Waals surface area contributed by atoms with Gasteiger partial charge in [-0.15, -0.1) is 0 Å². The Morgan fingerprint density at radius 3 is 2.61 bits per heavy atom. The van der Waals surface area contributed by atoms with Gasteiger partial charge in [-0.05, 0) is 32.1 Å². The third kappa shape index (κ3) is 5.56. The highest BCUT2D eigenvalue weighted by atomic mass is 32.1. The molecule has 0 unspecified atom stereocenters. The minimum atomic E-state index is -0.645. The molecular formula is C12H23NO4S. The van der Waals surface area contributed by atoms with Gasteiger partial charge in [-0.25, -0.2) is 5.48 Å². The van der Waals surface area contributed by atoms with Crippen LogP contribution in [0.3, 0.4) is 0 Å². The average Bonchev–Trinajstić information content (AvgIpc) is 2.38. The minimum absolute atomic E-state index is 0.161. The fourth-order valence-corrected chi connectivity index (χ4v) is 1.97. The molecule has 0 saturated carbocycles. The van der Waals surface area contributed by atoms with Crippen molar-refractivity contribution in [3.8, 4) is 0 Å². The molecule has 1 aliphatic rings. The Kier molecular flexibility index (Phi) is 7.65. The second-order valence-corrected chi connectivity index (χ2v) is 5.33. The van der Waals surface area contributed by atoms with Crippen LogP contribution >= 0.6 is 12.6 Å². The number of amides is 1. The lowest BCUT2D eigenvalue weighted by Gasteiger charge is -2.30. The van der Waals surface area contributed by atoms with E-state index in [1.54, 1.807) is 7.11 Å². The van der Waals surface area contributed by atoms with Gasteiger partial charge in [0.25, 0.3) is 5.91 Å². The predicted molar refractivity (Wildman–Crippen MR) is 71.6 cm³/mol. The lowest BCUT2D eigenvalue weighted by Crippen LogP contribution is -2.46. The van der Waals surface area contributed by atoms with Gasteiger partial charge in [-0.3, -0.25) is 9.63 Å². The van der Waals surface area contributed by atoms with Crippen molar-refractivity contribution >= 4 is 18.5 Å². The monoisotopic (exact) mass is 277 g/mol. The van der Waals surface area contributed by atoms with Crippen LogP contribution in [-0.2, 0) is 19.1 Å². The molecule has 18 heavy (non-hydrogen) atoms. The van der Waals surface area contributed by atoms with E-state index in [9.17, 15) is 4.79 Å². The Balaban J connectivity index is 2.05. The van der Waals surface area contributed by atoms with Crippen molar-refractivity contribution in [3.63, 3.8) is 0 Å². The number of hydrogen-bond donors (Lipinski definition) is 2. The van der Waals surface area contributed by atoms with Gasteiger partial charge >= 0.3 is 0 Å². The minimum Gasteiger partial charge on any atom is -0.385 e. The lowest BCUT2D eigenvalue weighted by molar-refractivity contribution is -0.138. The summed E-state index contributed by atoms with van der Waals surface area (Å²) in [5, 5.41) is 0. The number of carbonyl (C=O) groups excluding carboxylic acids is 1. The smallest absolute Gasteiger partial charge is 0.259 e. The average molecular weight is 277 g/mol. The summed E-state index contributed by atoms with van der Waals surface area (Å²) in [5.74, 6) is -0.161. The maximum absolute atomic E-state index is 11.9. The Morgan fingerprint density at radius 2 is 1.94 bits per heavy atom. The highest BCUT2D eigenvalue weighted by molar-refractivity contribution is 7.82. The van der Waals surface area contributed by atoms with Crippen LogP contribution < -0.4 is 5.48 Å². The molecule has 0 aliphatic carbocycles. The van der Waals surface area contributed by atoms with E-state index in [-0.39, 0.29) is 5.91 Å². The maximum atomic E-state index is 11.9. The molecule has 1 saturated heterocycles. The molecule has 5 nitrogen and oxygen atoms in total. The van der Waals surface area contributed by atoms with E-state index in [0.717, 1.165) is 25.9 Å². The molecule has 1 rings (SSSR count). The molecule has 0 aromatic rings. The van der Waals surface area contributed by atoms with Gasteiger partial charge in [0.05, 0.1) is 11.4 Å². The number of methoxy groups -OCH3 is 1. The topological polar surface area (TPSA) is 56.8 Å². The molecule has 1 amide bonds. The lowest BCUT2D eigenvalue weighted by atomic mass is 9.98. The highest BCUT2D eigenvalue weighted by Gasteiger charge is 2.36. The molecule has 1 aliphatic heterocycles. The Labute approximate surface area is 114 Å². The van der Waals surface area contributed by atoms with Gasteiger partial charge in [-0.1, -0.05) is 0 Å². The molecule has 106 valence electrons. The van der Waals surface area contributed by atoms with Crippen LogP contribution in [0.15, 0.2) is 0 Å². The van der Waals surface area contributed by atoms with Gasteiger partial charge < -0.3 is 9.47 Å². The van der Waals surface area contributed by atoms with Gasteiger partial charge in [0.2, 0.25) is 0 Å².